The second-order valence-electron chi connectivity index (χ2n) is 1.57. The minimum Gasteiger partial charge on any atom is -0.467 e. The zero-order chi connectivity index (χ0) is 6.78. The highest BCUT2D eigenvalue weighted by Gasteiger charge is 2.25. The summed E-state index contributed by atoms with van der Waals surface area (Å²) in [4.78, 5) is 8.97. The summed E-state index contributed by atoms with van der Waals surface area (Å²) in [6.07, 6.45) is 0. The van der Waals surface area contributed by atoms with Crippen molar-refractivity contribution in [2.24, 2.45) is 5.73 Å². The maximum Gasteiger partial charge on any atom is 0.341 e. The predicted octanol–water partition coefficient (Wildman–Crippen LogP) is 0.0731. The summed E-state index contributed by atoms with van der Waals surface area (Å²) in [6.45, 7) is 1.36. The van der Waals surface area contributed by atoms with Gasteiger partial charge in [-0.3, -0.25) is 0 Å². The average molecular weight is 138 g/mol. The van der Waals surface area contributed by atoms with E-state index in [4.69, 9.17) is 17.3 Å². The zero-order valence-electron chi connectivity index (χ0n) is 4.77. The lowest BCUT2D eigenvalue weighted by Gasteiger charge is -2.10. The van der Waals surface area contributed by atoms with Gasteiger partial charge in [0.05, 0.1) is 7.11 Å². The molecule has 0 radical (unpaired) electrons. The molecule has 1 unspecified atom stereocenters. The van der Waals surface area contributed by atoms with Gasteiger partial charge in [-0.25, -0.2) is 4.79 Å². The van der Waals surface area contributed by atoms with Crippen molar-refractivity contribution in [3.63, 3.8) is 0 Å². The Balaban J connectivity index is 3.82. The highest BCUT2D eigenvalue weighted by molar-refractivity contribution is 6.33. The van der Waals surface area contributed by atoms with E-state index in [1.165, 1.54) is 14.0 Å². The molecule has 0 aromatic heterocycles. The van der Waals surface area contributed by atoms with Crippen LogP contribution in [0.5, 0.6) is 0 Å². The van der Waals surface area contributed by atoms with Gasteiger partial charge >= 0.3 is 5.97 Å². The molecule has 4 heteroatoms. The Labute approximate surface area is 52.8 Å². The molecule has 0 aliphatic heterocycles. The molecule has 0 rings (SSSR count). The topological polar surface area (TPSA) is 52.3 Å². The molecule has 0 aromatic carbocycles. The molecule has 0 aliphatic carbocycles. The van der Waals surface area contributed by atoms with E-state index in [0.29, 0.717) is 0 Å². The summed E-state index contributed by atoms with van der Waals surface area (Å²) >= 11 is 5.29. The molecule has 0 amide bonds. The minimum absolute atomic E-state index is 0.626. The Morgan fingerprint density at radius 3 is 2.25 bits per heavy atom. The fourth-order valence-electron chi connectivity index (χ4n) is 0.200. The molecule has 0 heterocycles. The Morgan fingerprint density at radius 1 is 1.88 bits per heavy atom. The second-order valence-corrected chi connectivity index (χ2v) is 2.35. The van der Waals surface area contributed by atoms with Gasteiger partial charge in [0.25, 0.3) is 0 Å². The van der Waals surface area contributed by atoms with Crippen molar-refractivity contribution in [3.8, 4) is 0 Å². The fraction of sp³-hybridized carbons (Fsp3) is 0.750. The lowest BCUT2D eigenvalue weighted by Crippen LogP contribution is -2.39. The highest BCUT2D eigenvalue weighted by atomic mass is 35.5. The monoisotopic (exact) mass is 137 g/mol. The molecule has 0 aromatic rings. The van der Waals surface area contributed by atoms with E-state index < -0.39 is 11.0 Å². The van der Waals surface area contributed by atoms with E-state index in [2.05, 4.69) is 4.74 Å². The maximum absolute atomic E-state index is 10.4. The van der Waals surface area contributed by atoms with E-state index in [0.717, 1.165) is 0 Å². The quantitative estimate of drug-likeness (QED) is 0.316. The van der Waals surface area contributed by atoms with Gasteiger partial charge < -0.3 is 10.5 Å². The number of rotatable bonds is 1. The van der Waals surface area contributed by atoms with Crippen molar-refractivity contribution in [3.05, 3.63) is 0 Å². The largest absolute Gasteiger partial charge is 0.467 e. The highest BCUT2D eigenvalue weighted by Crippen LogP contribution is 2.05. The Hall–Kier alpha value is -0.280. The Morgan fingerprint density at radius 2 is 2.25 bits per heavy atom. The first-order valence-electron chi connectivity index (χ1n) is 2.04. The van der Waals surface area contributed by atoms with Crippen molar-refractivity contribution in [2.75, 3.05) is 7.11 Å². The number of nitrogens with two attached hydrogens (primary N) is 1. The summed E-state index contributed by atoms with van der Waals surface area (Å²) in [5.41, 5.74) is 5.08. The normalized spacial score (nSPS) is 17.0. The number of esters is 1. The second kappa shape index (κ2) is 2.33. The molecular formula is C4H8ClNO2. The summed E-state index contributed by atoms with van der Waals surface area (Å²) in [5, 5.41) is 0. The van der Waals surface area contributed by atoms with Crippen LogP contribution < -0.4 is 5.73 Å². The van der Waals surface area contributed by atoms with Crippen LogP contribution in [0.2, 0.25) is 0 Å². The third-order valence-corrected chi connectivity index (χ3v) is 0.739. The molecule has 8 heavy (non-hydrogen) atoms. The molecule has 0 fully saturated rings. The lowest BCUT2D eigenvalue weighted by molar-refractivity contribution is -0.143. The number of alkyl halides is 1. The molecule has 0 saturated heterocycles. The molecule has 0 saturated carbocycles. The lowest BCUT2D eigenvalue weighted by atomic mass is 10.4. The number of ether oxygens (including phenoxy) is 1. The van der Waals surface area contributed by atoms with Crippen LogP contribution in [-0.4, -0.2) is 18.1 Å². The van der Waals surface area contributed by atoms with Crippen molar-refractivity contribution in [1.29, 1.82) is 0 Å². The van der Waals surface area contributed by atoms with Crippen molar-refractivity contribution >= 4 is 17.6 Å². The number of carbonyl (C=O) groups is 1. The van der Waals surface area contributed by atoms with Crippen molar-refractivity contribution in [2.45, 2.75) is 11.9 Å². The summed E-state index contributed by atoms with van der Waals surface area (Å²) in [7, 11) is 1.23. The van der Waals surface area contributed by atoms with Crippen LogP contribution in [0.1, 0.15) is 6.92 Å². The van der Waals surface area contributed by atoms with Crippen LogP contribution in [0, 0.1) is 0 Å². The molecule has 2 N–H and O–H groups in total. The van der Waals surface area contributed by atoms with Crippen LogP contribution in [0.25, 0.3) is 0 Å². The first-order chi connectivity index (χ1) is 3.48. The standard InChI is InChI=1S/C4H8ClNO2/c1-4(5,6)3(7)8-2/h6H2,1-2H3. The van der Waals surface area contributed by atoms with Crippen LogP contribution in [0.15, 0.2) is 0 Å². The van der Waals surface area contributed by atoms with Gasteiger partial charge in [0.2, 0.25) is 0 Å². The van der Waals surface area contributed by atoms with E-state index >= 15 is 0 Å². The number of carbonyl (C=O) groups excluding carboxylic acids is 1. The van der Waals surface area contributed by atoms with E-state index in [1.807, 2.05) is 0 Å². The number of hydrogen-bond acceptors (Lipinski definition) is 3. The van der Waals surface area contributed by atoms with Crippen LogP contribution in [-0.2, 0) is 9.53 Å². The summed E-state index contributed by atoms with van der Waals surface area (Å²) in [5.74, 6) is -0.626. The fourth-order valence-corrected chi connectivity index (χ4v) is 0.277. The smallest absolute Gasteiger partial charge is 0.341 e. The van der Waals surface area contributed by atoms with E-state index in [1.54, 1.807) is 0 Å². The van der Waals surface area contributed by atoms with Gasteiger partial charge in [0.15, 0.2) is 5.00 Å². The third kappa shape index (κ3) is 2.14. The first-order valence-corrected chi connectivity index (χ1v) is 2.42. The Kier molecular flexibility index (Phi) is 2.25. The minimum atomic E-state index is -1.38. The van der Waals surface area contributed by atoms with Crippen molar-refractivity contribution in [1.82, 2.24) is 0 Å². The Bertz CT molecular complexity index is 96.7. The van der Waals surface area contributed by atoms with Gasteiger partial charge in [-0.1, -0.05) is 11.6 Å². The number of hydrogen-bond donors (Lipinski definition) is 1. The van der Waals surface area contributed by atoms with Gasteiger partial charge in [-0.05, 0) is 6.92 Å². The summed E-state index contributed by atoms with van der Waals surface area (Å²) in [6, 6.07) is 0. The van der Waals surface area contributed by atoms with E-state index in [-0.39, 0.29) is 0 Å². The van der Waals surface area contributed by atoms with Gasteiger partial charge in [0.1, 0.15) is 0 Å². The van der Waals surface area contributed by atoms with Crippen LogP contribution in [0.3, 0.4) is 0 Å². The molecular weight excluding hydrogens is 130 g/mol. The SMILES string of the molecule is COC(=O)C(C)(N)Cl. The van der Waals surface area contributed by atoms with Crippen LogP contribution in [0.4, 0.5) is 0 Å². The van der Waals surface area contributed by atoms with Gasteiger partial charge in [-0.2, -0.15) is 0 Å². The average Bonchev–Trinajstić information content (AvgIpc) is 1.62. The first kappa shape index (κ1) is 7.72. The van der Waals surface area contributed by atoms with Gasteiger partial charge in [-0.15, -0.1) is 0 Å². The summed E-state index contributed by atoms with van der Waals surface area (Å²) < 4.78 is 4.22. The molecule has 0 bridgehead atoms. The number of methoxy groups -OCH3 is 1. The third-order valence-electron chi connectivity index (χ3n) is 0.585. The van der Waals surface area contributed by atoms with Crippen molar-refractivity contribution < 1.29 is 9.53 Å². The molecule has 1 atom stereocenters. The zero-order valence-corrected chi connectivity index (χ0v) is 5.53. The molecule has 3 nitrogen and oxygen atoms in total. The molecule has 48 valence electrons. The molecule has 0 spiro atoms. The molecule has 0 aliphatic rings. The van der Waals surface area contributed by atoms with Crippen LogP contribution >= 0.6 is 11.6 Å². The van der Waals surface area contributed by atoms with Gasteiger partial charge in [0, 0.05) is 0 Å². The van der Waals surface area contributed by atoms with E-state index in [9.17, 15) is 4.79 Å². The maximum atomic E-state index is 10.4. The number of halogens is 1. The predicted molar refractivity (Wildman–Crippen MR) is 30.5 cm³/mol.